The molecule has 0 bridgehead atoms. The first-order valence-corrected chi connectivity index (χ1v) is 13.0. The molecule has 0 saturated carbocycles. The van der Waals surface area contributed by atoms with Crippen LogP contribution in [-0.4, -0.2) is 63.0 Å². The van der Waals surface area contributed by atoms with Gasteiger partial charge < -0.3 is 25.6 Å². The lowest BCUT2D eigenvalue weighted by molar-refractivity contribution is -0.128. The second kappa shape index (κ2) is 9.30. The number of hydrogen-bond acceptors (Lipinski definition) is 7. The number of likely N-dealkylation sites (tertiary alicyclic amines) is 1. The average molecular weight is 550 g/mol. The zero-order chi connectivity index (χ0) is 28.1. The van der Waals surface area contributed by atoms with Crippen LogP contribution in [0.25, 0.3) is 5.69 Å². The Morgan fingerprint density at radius 1 is 0.951 bits per heavy atom. The van der Waals surface area contributed by atoms with Crippen molar-refractivity contribution in [1.82, 2.24) is 19.7 Å². The highest BCUT2D eigenvalue weighted by Gasteiger charge is 2.60. The van der Waals surface area contributed by atoms with E-state index < -0.39 is 17.2 Å². The number of ether oxygens (including phenoxy) is 1. The topological polar surface area (TPSA) is 148 Å². The normalized spacial score (nSPS) is 20.6. The molecule has 1 aromatic heterocycles. The number of rotatable bonds is 4. The minimum atomic E-state index is -1.27. The third kappa shape index (κ3) is 3.99. The molecule has 3 N–H and O–H groups in total. The third-order valence-electron chi connectivity index (χ3n) is 7.81. The predicted molar refractivity (Wildman–Crippen MR) is 147 cm³/mol. The summed E-state index contributed by atoms with van der Waals surface area (Å²) in [5.41, 5.74) is 2.11. The first kappa shape index (κ1) is 24.5. The lowest BCUT2D eigenvalue weighted by Gasteiger charge is -2.27. The quantitative estimate of drug-likeness (QED) is 0.354. The predicted octanol–water partition coefficient (Wildman–Crippen LogP) is 2.20. The van der Waals surface area contributed by atoms with Crippen molar-refractivity contribution >= 4 is 40.7 Å². The fourth-order valence-corrected chi connectivity index (χ4v) is 5.84. The van der Waals surface area contributed by atoms with Crippen LogP contribution in [0.4, 0.5) is 17.1 Å². The summed E-state index contributed by atoms with van der Waals surface area (Å²) in [4.78, 5) is 54.5. The first-order chi connectivity index (χ1) is 19.9. The Labute approximate surface area is 233 Å². The molecule has 12 nitrogen and oxygen atoms in total. The van der Waals surface area contributed by atoms with E-state index in [1.807, 2.05) is 18.2 Å². The third-order valence-corrected chi connectivity index (χ3v) is 7.81. The number of carbonyl (C=O) groups excluding carboxylic acids is 4. The van der Waals surface area contributed by atoms with Crippen LogP contribution < -0.4 is 20.7 Å². The molecule has 1 spiro atoms. The summed E-state index contributed by atoms with van der Waals surface area (Å²) in [6, 6.07) is 19.1. The van der Waals surface area contributed by atoms with Crippen LogP contribution >= 0.6 is 0 Å². The number of amides is 4. The zero-order valence-corrected chi connectivity index (χ0v) is 21.5. The van der Waals surface area contributed by atoms with E-state index in [2.05, 4.69) is 26.1 Å². The van der Waals surface area contributed by atoms with Crippen molar-refractivity contribution in [3.05, 3.63) is 90.5 Å². The highest BCUT2D eigenvalue weighted by atomic mass is 16.5. The van der Waals surface area contributed by atoms with Gasteiger partial charge in [0.05, 0.1) is 11.6 Å². The van der Waals surface area contributed by atoms with E-state index in [1.54, 1.807) is 70.7 Å². The van der Waals surface area contributed by atoms with Gasteiger partial charge in [-0.3, -0.25) is 23.7 Å². The number of carbonyl (C=O) groups is 4. The van der Waals surface area contributed by atoms with E-state index in [0.717, 1.165) is 5.69 Å². The number of nitrogens with one attached hydrogen (secondary N) is 3. The molecule has 1 fully saturated rings. The van der Waals surface area contributed by atoms with Gasteiger partial charge >= 0.3 is 0 Å². The number of nitrogens with zero attached hydrogens (tertiary/aromatic N) is 4. The Kier molecular flexibility index (Phi) is 5.56. The molecule has 3 aliphatic heterocycles. The molecule has 1 saturated heterocycles. The van der Waals surface area contributed by atoms with Crippen LogP contribution in [0.5, 0.6) is 5.75 Å². The maximum atomic E-state index is 13.9. The molecule has 4 heterocycles. The van der Waals surface area contributed by atoms with Crippen LogP contribution in [0.15, 0.2) is 79.4 Å². The molecule has 2 unspecified atom stereocenters. The number of aromatic nitrogens is 3. The number of benzene rings is 3. The number of anilines is 3. The standard InChI is InChI=1S/C29H23N7O5/c37-25-13-41-24-10-7-18(11-23(24)33-25)32-26(38)21-12-35(14-29(21)20-3-1-2-4-22(20)34-28(29)40)27(39)17-5-8-19(9-6-17)36-15-30-31-16-36/h1-11,15-16,21H,12-14H2,(H,32,38)(H,33,37)(H,34,40). The lowest BCUT2D eigenvalue weighted by Crippen LogP contribution is -2.47. The molecule has 12 heteroatoms. The Morgan fingerprint density at radius 2 is 1.73 bits per heavy atom. The zero-order valence-electron chi connectivity index (χ0n) is 21.5. The Hall–Kier alpha value is -5.52. The monoisotopic (exact) mass is 549 g/mol. The van der Waals surface area contributed by atoms with Crippen molar-refractivity contribution in [2.45, 2.75) is 5.41 Å². The molecule has 7 rings (SSSR count). The van der Waals surface area contributed by atoms with Crippen LogP contribution in [0, 0.1) is 5.92 Å². The number of fused-ring (bicyclic) bond motifs is 3. The van der Waals surface area contributed by atoms with Gasteiger partial charge in [-0.2, -0.15) is 0 Å². The Bertz CT molecular complexity index is 1720. The lowest BCUT2D eigenvalue weighted by atomic mass is 9.73. The minimum absolute atomic E-state index is 0.0321. The molecule has 4 aromatic rings. The summed E-state index contributed by atoms with van der Waals surface area (Å²) < 4.78 is 7.13. The molecule has 0 aliphatic carbocycles. The Morgan fingerprint density at radius 3 is 2.54 bits per heavy atom. The molecule has 41 heavy (non-hydrogen) atoms. The summed E-state index contributed by atoms with van der Waals surface area (Å²) >= 11 is 0. The second-order valence-corrected chi connectivity index (χ2v) is 10.2. The van der Waals surface area contributed by atoms with Crippen LogP contribution in [0.2, 0.25) is 0 Å². The van der Waals surface area contributed by atoms with Gasteiger partial charge in [0.25, 0.3) is 11.8 Å². The largest absolute Gasteiger partial charge is 0.482 e. The maximum Gasteiger partial charge on any atom is 0.262 e. The molecule has 204 valence electrons. The average Bonchev–Trinajstić information content (AvgIpc) is 3.72. The molecular formula is C29H23N7O5. The van der Waals surface area contributed by atoms with Gasteiger partial charge in [-0.25, -0.2) is 0 Å². The fourth-order valence-electron chi connectivity index (χ4n) is 5.84. The van der Waals surface area contributed by atoms with Crippen molar-refractivity contribution in [2.24, 2.45) is 5.92 Å². The van der Waals surface area contributed by atoms with Gasteiger partial charge in [-0.05, 0) is 54.1 Å². The van der Waals surface area contributed by atoms with Crippen molar-refractivity contribution in [2.75, 3.05) is 35.6 Å². The van der Waals surface area contributed by atoms with E-state index in [1.165, 1.54) is 0 Å². The summed E-state index contributed by atoms with van der Waals surface area (Å²) in [6.45, 7) is -0.0103. The van der Waals surface area contributed by atoms with Crippen molar-refractivity contribution in [1.29, 1.82) is 0 Å². The fraction of sp³-hybridized carbons (Fsp3) is 0.172. The van der Waals surface area contributed by atoms with Crippen LogP contribution in [-0.2, 0) is 19.8 Å². The van der Waals surface area contributed by atoms with Gasteiger partial charge in [-0.15, -0.1) is 10.2 Å². The molecule has 3 aliphatic rings. The van der Waals surface area contributed by atoms with Crippen molar-refractivity contribution in [3.8, 4) is 11.4 Å². The van der Waals surface area contributed by atoms with Crippen molar-refractivity contribution in [3.63, 3.8) is 0 Å². The van der Waals surface area contributed by atoms with E-state index in [9.17, 15) is 19.2 Å². The van der Waals surface area contributed by atoms with Crippen LogP contribution in [0.1, 0.15) is 15.9 Å². The van der Waals surface area contributed by atoms with Gasteiger partial charge in [0.1, 0.15) is 23.8 Å². The summed E-state index contributed by atoms with van der Waals surface area (Å²) in [5, 5.41) is 16.1. The van der Waals surface area contributed by atoms with Gasteiger partial charge in [0, 0.05) is 35.7 Å². The minimum Gasteiger partial charge on any atom is -0.482 e. The first-order valence-electron chi connectivity index (χ1n) is 13.0. The summed E-state index contributed by atoms with van der Waals surface area (Å²) in [7, 11) is 0. The van der Waals surface area contributed by atoms with E-state index in [-0.39, 0.29) is 37.4 Å². The van der Waals surface area contributed by atoms with E-state index in [4.69, 9.17) is 4.74 Å². The van der Waals surface area contributed by atoms with Gasteiger partial charge in [0.2, 0.25) is 11.8 Å². The summed E-state index contributed by atoms with van der Waals surface area (Å²) in [5.74, 6) is -1.72. The maximum absolute atomic E-state index is 13.9. The molecule has 0 radical (unpaired) electrons. The van der Waals surface area contributed by atoms with Crippen molar-refractivity contribution < 1.29 is 23.9 Å². The van der Waals surface area contributed by atoms with Gasteiger partial charge in [0.15, 0.2) is 6.61 Å². The highest BCUT2D eigenvalue weighted by molar-refractivity contribution is 6.12. The molecule has 2 atom stereocenters. The smallest absolute Gasteiger partial charge is 0.262 e. The molecule has 3 aromatic carbocycles. The Balaban J connectivity index is 1.20. The molecule has 4 amide bonds. The second-order valence-electron chi connectivity index (χ2n) is 10.2. The van der Waals surface area contributed by atoms with Gasteiger partial charge in [-0.1, -0.05) is 18.2 Å². The highest BCUT2D eigenvalue weighted by Crippen LogP contribution is 2.48. The SMILES string of the molecule is O=C1COc2ccc(NC(=O)C3CN(C(=O)c4ccc(-n5cnnc5)cc4)CC34C(=O)Nc3ccccc34)cc2N1. The van der Waals surface area contributed by atoms with E-state index >= 15 is 0 Å². The number of hydrogen-bond donors (Lipinski definition) is 3. The van der Waals surface area contributed by atoms with E-state index in [0.29, 0.717) is 33.9 Å². The number of para-hydroxylation sites is 1. The van der Waals surface area contributed by atoms with Crippen LogP contribution in [0.3, 0.4) is 0 Å². The molecular weight excluding hydrogens is 526 g/mol. The summed E-state index contributed by atoms with van der Waals surface area (Å²) in [6.07, 6.45) is 3.12.